The third-order valence-corrected chi connectivity index (χ3v) is 6.77. The summed E-state index contributed by atoms with van der Waals surface area (Å²) in [5, 5.41) is 9.91. The van der Waals surface area contributed by atoms with Crippen molar-refractivity contribution in [3.05, 3.63) is 0 Å². The van der Waals surface area contributed by atoms with Crippen molar-refractivity contribution in [3.63, 3.8) is 0 Å². The van der Waals surface area contributed by atoms with Crippen molar-refractivity contribution in [2.45, 2.75) is 168 Å². The maximum Gasteiger partial charge on any atom is 0.305 e. The number of unbranched alkanes of at least 4 members (excludes halogenated alkanes) is 17. The Balaban J connectivity index is 3.42. The lowest BCUT2D eigenvalue weighted by atomic mass is 10.0. The number of aliphatic hydroxyl groups is 1. The van der Waals surface area contributed by atoms with E-state index in [0.29, 0.717) is 12.8 Å². The molecule has 0 rings (SSSR count). The Bertz CT molecular complexity index is 491. The highest BCUT2D eigenvalue weighted by molar-refractivity contribution is 5.69. The molecule has 0 aromatic rings. The molecule has 5 heteroatoms. The number of esters is 2. The third-order valence-electron chi connectivity index (χ3n) is 6.77. The summed E-state index contributed by atoms with van der Waals surface area (Å²) in [7, 11) is 0. The summed E-state index contributed by atoms with van der Waals surface area (Å²) < 4.78 is 10.2. The lowest BCUT2D eigenvalue weighted by Gasteiger charge is -2.12. The molecule has 0 amide bonds. The fourth-order valence-corrected chi connectivity index (χ4v) is 4.39. The van der Waals surface area contributed by atoms with Crippen LogP contribution in [0.4, 0.5) is 0 Å². The molecule has 0 saturated carbocycles. The molecule has 0 heterocycles. The molecule has 0 radical (unpaired) electrons. The van der Waals surface area contributed by atoms with Crippen LogP contribution in [0.15, 0.2) is 0 Å². The topological polar surface area (TPSA) is 72.8 Å². The molecule has 5 nitrogen and oxygen atoms in total. The summed E-state index contributed by atoms with van der Waals surface area (Å²) in [5.41, 5.74) is 0. The predicted molar refractivity (Wildman–Crippen MR) is 150 cm³/mol. The van der Waals surface area contributed by atoms with Gasteiger partial charge in [0, 0.05) is 12.8 Å². The zero-order valence-corrected chi connectivity index (χ0v) is 24.2. The average molecular weight is 513 g/mol. The number of ether oxygens (including phenoxy) is 2. The van der Waals surface area contributed by atoms with E-state index in [4.69, 9.17) is 9.47 Å². The van der Waals surface area contributed by atoms with E-state index in [9.17, 15) is 14.7 Å². The third kappa shape index (κ3) is 27.5. The Hall–Kier alpha value is -1.10. The van der Waals surface area contributed by atoms with Gasteiger partial charge in [0.25, 0.3) is 0 Å². The Labute approximate surface area is 223 Å². The first-order valence-electron chi connectivity index (χ1n) is 15.4. The van der Waals surface area contributed by atoms with Crippen molar-refractivity contribution in [2.75, 3.05) is 13.2 Å². The maximum absolute atomic E-state index is 11.8. The number of hydrogen-bond acceptors (Lipinski definition) is 5. The molecule has 0 saturated heterocycles. The van der Waals surface area contributed by atoms with Gasteiger partial charge in [0.2, 0.25) is 0 Å². The van der Waals surface area contributed by atoms with E-state index < -0.39 is 6.10 Å². The van der Waals surface area contributed by atoms with Gasteiger partial charge in [-0.05, 0) is 18.8 Å². The zero-order valence-electron chi connectivity index (χ0n) is 24.2. The lowest BCUT2D eigenvalue weighted by molar-refractivity contribution is -0.152. The molecular formula is C31H60O5. The van der Waals surface area contributed by atoms with Crippen molar-refractivity contribution in [1.29, 1.82) is 0 Å². The molecular weight excluding hydrogens is 452 g/mol. The summed E-state index contributed by atoms with van der Waals surface area (Å²) in [6.07, 6.45) is 24.3. The lowest BCUT2D eigenvalue weighted by Crippen LogP contribution is -2.25. The van der Waals surface area contributed by atoms with Crippen molar-refractivity contribution < 1.29 is 24.2 Å². The minimum absolute atomic E-state index is 0.110. The van der Waals surface area contributed by atoms with Crippen molar-refractivity contribution in [1.82, 2.24) is 0 Å². The highest BCUT2D eigenvalue weighted by atomic mass is 16.6. The molecule has 0 aliphatic rings. The van der Waals surface area contributed by atoms with Crippen LogP contribution in [0.1, 0.15) is 162 Å². The van der Waals surface area contributed by atoms with E-state index in [2.05, 4.69) is 20.8 Å². The van der Waals surface area contributed by atoms with Gasteiger partial charge in [-0.25, -0.2) is 0 Å². The van der Waals surface area contributed by atoms with Crippen LogP contribution >= 0.6 is 0 Å². The SMILES string of the molecule is CCCCCCCCCCCC(=O)OC[C@@H](O)COC(=O)CCCCCCCCCCCCC(C)C. The van der Waals surface area contributed by atoms with Crippen molar-refractivity contribution in [3.8, 4) is 0 Å². The molecule has 1 N–H and O–H groups in total. The van der Waals surface area contributed by atoms with E-state index in [1.165, 1.54) is 89.9 Å². The molecule has 214 valence electrons. The molecule has 36 heavy (non-hydrogen) atoms. The van der Waals surface area contributed by atoms with Crippen LogP contribution in [0, 0.1) is 5.92 Å². The Morgan fingerprint density at radius 2 is 0.889 bits per heavy atom. The minimum atomic E-state index is -0.952. The van der Waals surface area contributed by atoms with E-state index >= 15 is 0 Å². The highest BCUT2D eigenvalue weighted by Crippen LogP contribution is 2.14. The number of rotatable bonds is 27. The first kappa shape index (κ1) is 34.9. The maximum atomic E-state index is 11.8. The van der Waals surface area contributed by atoms with E-state index in [1.807, 2.05) is 0 Å². The molecule has 0 fully saturated rings. The van der Waals surface area contributed by atoms with Gasteiger partial charge in [-0.1, -0.05) is 136 Å². The Kier molecular flexibility index (Phi) is 26.1. The van der Waals surface area contributed by atoms with Gasteiger partial charge in [-0.15, -0.1) is 0 Å². The van der Waals surface area contributed by atoms with Crippen LogP contribution < -0.4 is 0 Å². The standard InChI is InChI=1S/C31H60O5/c1-4-5-6-7-8-11-15-18-21-24-30(33)35-26-29(32)27-36-31(34)25-22-19-16-13-10-9-12-14-17-20-23-28(2)3/h28-29,32H,4-27H2,1-3H3/t29-/m1/s1. The smallest absolute Gasteiger partial charge is 0.305 e. The number of carbonyl (C=O) groups excluding carboxylic acids is 2. The van der Waals surface area contributed by atoms with E-state index in [0.717, 1.165) is 44.4 Å². The monoisotopic (exact) mass is 512 g/mol. The van der Waals surface area contributed by atoms with Gasteiger partial charge < -0.3 is 14.6 Å². The van der Waals surface area contributed by atoms with Gasteiger partial charge in [0.1, 0.15) is 19.3 Å². The van der Waals surface area contributed by atoms with Crippen LogP contribution in [-0.2, 0) is 19.1 Å². The fourth-order valence-electron chi connectivity index (χ4n) is 4.39. The van der Waals surface area contributed by atoms with E-state index in [-0.39, 0.29) is 25.2 Å². The van der Waals surface area contributed by atoms with Crippen LogP contribution in [0.25, 0.3) is 0 Å². The van der Waals surface area contributed by atoms with Crippen LogP contribution in [0.5, 0.6) is 0 Å². The molecule has 0 spiro atoms. The minimum Gasteiger partial charge on any atom is -0.463 e. The van der Waals surface area contributed by atoms with Crippen LogP contribution in [-0.4, -0.2) is 36.4 Å². The quantitative estimate of drug-likeness (QED) is 0.0880. The second-order valence-corrected chi connectivity index (χ2v) is 11.1. The predicted octanol–water partition coefficient (Wildman–Crippen LogP) is 8.69. The van der Waals surface area contributed by atoms with Crippen molar-refractivity contribution in [2.24, 2.45) is 5.92 Å². The van der Waals surface area contributed by atoms with E-state index in [1.54, 1.807) is 0 Å². The fraction of sp³-hybridized carbons (Fsp3) is 0.935. The van der Waals surface area contributed by atoms with Gasteiger partial charge in [0.05, 0.1) is 0 Å². The molecule has 0 aliphatic heterocycles. The molecule has 0 unspecified atom stereocenters. The number of carbonyl (C=O) groups is 2. The van der Waals surface area contributed by atoms with Crippen LogP contribution in [0.3, 0.4) is 0 Å². The first-order valence-corrected chi connectivity index (χ1v) is 15.4. The average Bonchev–Trinajstić information content (AvgIpc) is 2.85. The van der Waals surface area contributed by atoms with Crippen molar-refractivity contribution >= 4 is 11.9 Å². The Morgan fingerprint density at radius 1 is 0.556 bits per heavy atom. The summed E-state index contributed by atoms with van der Waals surface area (Å²) in [5.74, 6) is 0.266. The van der Waals surface area contributed by atoms with Crippen LogP contribution in [0.2, 0.25) is 0 Å². The summed E-state index contributed by atoms with van der Waals surface area (Å²) in [6.45, 7) is 6.60. The molecule has 0 aromatic heterocycles. The Morgan fingerprint density at radius 3 is 1.25 bits per heavy atom. The number of aliphatic hydroxyl groups excluding tert-OH is 1. The van der Waals surface area contributed by atoms with Gasteiger partial charge in [-0.3, -0.25) is 9.59 Å². The second kappa shape index (κ2) is 26.9. The molecule has 1 atom stereocenters. The summed E-state index contributed by atoms with van der Waals surface area (Å²) in [4.78, 5) is 23.6. The number of hydrogen-bond donors (Lipinski definition) is 1. The van der Waals surface area contributed by atoms with Gasteiger partial charge in [-0.2, -0.15) is 0 Å². The first-order chi connectivity index (χ1) is 17.5. The zero-order chi connectivity index (χ0) is 26.7. The highest BCUT2D eigenvalue weighted by Gasteiger charge is 2.12. The molecule has 0 aromatic carbocycles. The van der Waals surface area contributed by atoms with Gasteiger partial charge in [0.15, 0.2) is 0 Å². The largest absolute Gasteiger partial charge is 0.463 e. The molecule has 0 aliphatic carbocycles. The second-order valence-electron chi connectivity index (χ2n) is 11.1. The summed E-state index contributed by atoms with van der Waals surface area (Å²) >= 11 is 0. The molecule has 0 bridgehead atoms. The summed E-state index contributed by atoms with van der Waals surface area (Å²) in [6, 6.07) is 0. The van der Waals surface area contributed by atoms with Gasteiger partial charge >= 0.3 is 11.9 Å². The normalized spacial score (nSPS) is 12.1.